The zero-order valence-electron chi connectivity index (χ0n) is 15.5. The summed E-state index contributed by atoms with van der Waals surface area (Å²) in [6.07, 6.45) is 0.825. The molecule has 0 amide bonds. The van der Waals surface area contributed by atoms with Crippen LogP contribution in [0, 0.1) is 5.82 Å². The molecule has 1 fully saturated rings. The first-order valence-corrected chi connectivity index (χ1v) is 10.6. The van der Waals surface area contributed by atoms with Crippen molar-refractivity contribution in [2.75, 3.05) is 25.0 Å². The molecule has 2 aliphatic heterocycles. The summed E-state index contributed by atoms with van der Waals surface area (Å²) in [5.74, 6) is -0.458. The van der Waals surface area contributed by atoms with Crippen molar-refractivity contribution in [2.45, 2.75) is 12.3 Å². The van der Waals surface area contributed by atoms with E-state index < -0.39 is 28.4 Å². The minimum atomic E-state index is -3.82. The van der Waals surface area contributed by atoms with E-state index in [0.29, 0.717) is 30.0 Å². The molecule has 5 rings (SSSR count). The Morgan fingerprint density at radius 1 is 1.14 bits per heavy atom. The van der Waals surface area contributed by atoms with E-state index in [1.165, 1.54) is 17.4 Å². The molecule has 0 radical (unpaired) electrons. The van der Waals surface area contributed by atoms with Crippen molar-refractivity contribution < 1.29 is 22.3 Å². The van der Waals surface area contributed by atoms with E-state index in [9.17, 15) is 12.8 Å². The Hall–Kier alpha value is -2.59. The van der Waals surface area contributed by atoms with Gasteiger partial charge in [-0.1, -0.05) is 24.3 Å². The molecule has 7 nitrogen and oxygen atoms in total. The lowest BCUT2D eigenvalue weighted by Crippen LogP contribution is -2.40. The molecule has 1 aromatic heterocycles. The Labute approximate surface area is 167 Å². The van der Waals surface area contributed by atoms with Gasteiger partial charge in [0.2, 0.25) is 0 Å². The van der Waals surface area contributed by atoms with E-state index in [2.05, 4.69) is 9.71 Å². The largest absolute Gasteiger partial charge is 0.346 e. The predicted molar refractivity (Wildman–Crippen MR) is 105 cm³/mol. The lowest BCUT2D eigenvalue weighted by molar-refractivity contribution is -0.0465. The summed E-state index contributed by atoms with van der Waals surface area (Å²) in [5, 5.41) is 0.824. The first kappa shape index (κ1) is 18.4. The normalized spacial score (nSPS) is 21.8. The van der Waals surface area contributed by atoms with Crippen molar-refractivity contribution in [3.63, 3.8) is 0 Å². The van der Waals surface area contributed by atoms with Crippen LogP contribution in [0.15, 0.2) is 48.7 Å². The molecule has 1 saturated heterocycles. The molecule has 2 aliphatic rings. The van der Waals surface area contributed by atoms with Crippen LogP contribution in [0.1, 0.15) is 29.0 Å². The van der Waals surface area contributed by atoms with Crippen molar-refractivity contribution in [3.05, 3.63) is 71.2 Å². The number of aromatic nitrogens is 1. The Balaban J connectivity index is 1.71. The van der Waals surface area contributed by atoms with Gasteiger partial charge < -0.3 is 9.47 Å². The Kier molecular flexibility index (Phi) is 4.28. The second-order valence-corrected chi connectivity index (χ2v) is 8.72. The zero-order chi connectivity index (χ0) is 20.2. The number of pyridine rings is 1. The summed E-state index contributed by atoms with van der Waals surface area (Å²) in [6, 6.07) is 11.3. The molecule has 0 saturated carbocycles. The first-order chi connectivity index (χ1) is 14.0. The number of ether oxygens (including phenoxy) is 2. The van der Waals surface area contributed by atoms with Crippen molar-refractivity contribution in [1.82, 2.24) is 9.29 Å². The maximum atomic E-state index is 14.4. The molecule has 0 bridgehead atoms. The average molecular weight is 415 g/mol. The van der Waals surface area contributed by atoms with E-state index >= 15 is 0 Å². The minimum Gasteiger partial charge on any atom is -0.346 e. The van der Waals surface area contributed by atoms with Crippen LogP contribution >= 0.6 is 0 Å². The fourth-order valence-corrected chi connectivity index (χ4v) is 5.00. The maximum absolute atomic E-state index is 14.4. The quantitative estimate of drug-likeness (QED) is 0.696. The predicted octanol–water partition coefficient (Wildman–Crippen LogP) is 3.11. The van der Waals surface area contributed by atoms with E-state index in [4.69, 9.17) is 9.47 Å². The van der Waals surface area contributed by atoms with Gasteiger partial charge in [-0.15, -0.1) is 0 Å². The van der Waals surface area contributed by atoms with Crippen LogP contribution < -0.4 is 4.72 Å². The lowest BCUT2D eigenvalue weighted by Gasteiger charge is -2.35. The number of hydrogen-bond acceptors (Lipinski definition) is 5. The standard InChI is InChI=1S/C20H18FN3O4S/c1-24-19(13-5-7-16(21)15(11-13)20-27-9-10-28-20)14-6-4-12-3-2-8-22-17(12)18(14)23-29(24,25)26/h2-8,11,19-20,23H,9-10H2,1H3. The third-order valence-electron chi connectivity index (χ3n) is 5.29. The number of nitrogens with one attached hydrogen (secondary N) is 1. The fraction of sp³-hybridized carbons (Fsp3) is 0.250. The number of benzene rings is 2. The van der Waals surface area contributed by atoms with Crippen LogP contribution in [0.3, 0.4) is 0 Å². The summed E-state index contributed by atoms with van der Waals surface area (Å²) < 4.78 is 54.9. The minimum absolute atomic E-state index is 0.254. The molecule has 0 spiro atoms. The highest BCUT2D eigenvalue weighted by molar-refractivity contribution is 7.90. The molecule has 0 aliphatic carbocycles. The number of anilines is 1. The van der Waals surface area contributed by atoms with Gasteiger partial charge in [0.15, 0.2) is 6.29 Å². The monoisotopic (exact) mass is 415 g/mol. The highest BCUT2D eigenvalue weighted by Crippen LogP contribution is 2.42. The topological polar surface area (TPSA) is 80.8 Å². The summed E-state index contributed by atoms with van der Waals surface area (Å²) in [6.45, 7) is 0.771. The van der Waals surface area contributed by atoms with Crippen LogP contribution in [0.4, 0.5) is 10.1 Å². The van der Waals surface area contributed by atoms with Gasteiger partial charge in [0.1, 0.15) is 5.82 Å². The van der Waals surface area contributed by atoms with E-state index in [1.807, 2.05) is 18.2 Å². The molecule has 3 heterocycles. The summed E-state index contributed by atoms with van der Waals surface area (Å²) in [5.41, 5.74) is 2.61. The van der Waals surface area contributed by atoms with Crippen LogP contribution in [-0.4, -0.2) is 38.0 Å². The van der Waals surface area contributed by atoms with Crippen LogP contribution in [0.25, 0.3) is 10.9 Å². The van der Waals surface area contributed by atoms with Crippen molar-refractivity contribution in [1.29, 1.82) is 0 Å². The van der Waals surface area contributed by atoms with Crippen LogP contribution in [0.5, 0.6) is 0 Å². The van der Waals surface area contributed by atoms with E-state index in [1.54, 1.807) is 24.4 Å². The number of fused-ring (bicyclic) bond motifs is 3. The van der Waals surface area contributed by atoms with Gasteiger partial charge >= 0.3 is 10.2 Å². The maximum Gasteiger partial charge on any atom is 0.302 e. The van der Waals surface area contributed by atoms with Gasteiger partial charge in [0.25, 0.3) is 0 Å². The molecule has 9 heteroatoms. The van der Waals surface area contributed by atoms with Gasteiger partial charge in [-0.05, 0) is 23.8 Å². The van der Waals surface area contributed by atoms with Crippen LogP contribution in [0.2, 0.25) is 0 Å². The molecule has 1 N–H and O–H groups in total. The highest BCUT2D eigenvalue weighted by atomic mass is 32.2. The Morgan fingerprint density at radius 2 is 1.93 bits per heavy atom. The second-order valence-electron chi connectivity index (χ2n) is 6.99. The average Bonchev–Trinajstić information content (AvgIpc) is 3.24. The zero-order valence-corrected chi connectivity index (χ0v) is 16.3. The third kappa shape index (κ3) is 2.98. The molecular weight excluding hydrogens is 397 g/mol. The molecule has 2 aromatic carbocycles. The fourth-order valence-electron chi connectivity index (χ4n) is 3.87. The Bertz CT molecular complexity index is 1210. The third-order valence-corrected chi connectivity index (χ3v) is 6.72. The van der Waals surface area contributed by atoms with Gasteiger partial charge in [-0.2, -0.15) is 12.7 Å². The number of halogens is 1. The highest BCUT2D eigenvalue weighted by Gasteiger charge is 2.37. The van der Waals surface area contributed by atoms with E-state index in [-0.39, 0.29) is 5.56 Å². The van der Waals surface area contributed by atoms with Gasteiger partial charge in [0.05, 0.1) is 30.5 Å². The van der Waals surface area contributed by atoms with Crippen molar-refractivity contribution in [2.24, 2.45) is 0 Å². The first-order valence-electron chi connectivity index (χ1n) is 9.12. The number of rotatable bonds is 2. The summed E-state index contributed by atoms with van der Waals surface area (Å²) in [7, 11) is -2.33. The van der Waals surface area contributed by atoms with Gasteiger partial charge in [-0.25, -0.2) is 4.39 Å². The van der Waals surface area contributed by atoms with Crippen LogP contribution in [-0.2, 0) is 19.7 Å². The smallest absolute Gasteiger partial charge is 0.302 e. The van der Waals surface area contributed by atoms with E-state index in [0.717, 1.165) is 10.9 Å². The number of hydrogen-bond donors (Lipinski definition) is 1. The Morgan fingerprint density at radius 3 is 2.72 bits per heavy atom. The molecule has 29 heavy (non-hydrogen) atoms. The lowest BCUT2D eigenvalue weighted by atomic mass is 9.94. The van der Waals surface area contributed by atoms with Crippen molar-refractivity contribution >= 4 is 26.8 Å². The van der Waals surface area contributed by atoms with Gasteiger partial charge in [0, 0.05) is 29.8 Å². The SMILES string of the molecule is CN1C(c2ccc(F)c(C3OCCO3)c2)c2ccc3cccnc3c2NS1(=O)=O. The molecule has 3 aromatic rings. The molecular formula is C20H18FN3O4S. The number of nitrogens with zero attached hydrogens (tertiary/aromatic N) is 2. The summed E-state index contributed by atoms with van der Waals surface area (Å²) >= 11 is 0. The second kappa shape index (κ2) is 6.74. The molecule has 150 valence electrons. The molecule has 1 unspecified atom stereocenters. The van der Waals surface area contributed by atoms with Crippen molar-refractivity contribution in [3.8, 4) is 0 Å². The molecule has 1 atom stereocenters. The summed E-state index contributed by atoms with van der Waals surface area (Å²) in [4.78, 5) is 4.36. The van der Waals surface area contributed by atoms with Gasteiger partial charge in [-0.3, -0.25) is 9.71 Å².